The second kappa shape index (κ2) is 8.60. The van der Waals surface area contributed by atoms with Gasteiger partial charge in [0, 0.05) is 24.5 Å². The molecule has 134 valence electrons. The highest BCUT2D eigenvalue weighted by Gasteiger charge is 2.17. The summed E-state index contributed by atoms with van der Waals surface area (Å²) in [5.41, 5.74) is 4.54. The van der Waals surface area contributed by atoms with Crippen molar-refractivity contribution in [2.75, 3.05) is 18.4 Å². The normalized spacial score (nSPS) is 10.6. The molecule has 0 saturated heterocycles. The summed E-state index contributed by atoms with van der Waals surface area (Å²) < 4.78 is 0. The third-order valence-electron chi connectivity index (χ3n) is 4.20. The van der Waals surface area contributed by atoms with Gasteiger partial charge in [-0.05, 0) is 56.9 Å². The van der Waals surface area contributed by atoms with Crippen LogP contribution >= 0.6 is 0 Å². The van der Waals surface area contributed by atoms with Gasteiger partial charge in [0.15, 0.2) is 0 Å². The van der Waals surface area contributed by atoms with Gasteiger partial charge in [0.1, 0.15) is 5.69 Å². The molecule has 0 aliphatic heterocycles. The highest BCUT2D eigenvalue weighted by Crippen LogP contribution is 2.21. The first kappa shape index (κ1) is 18.9. The second-order valence-corrected chi connectivity index (χ2v) is 6.38. The summed E-state index contributed by atoms with van der Waals surface area (Å²) in [5, 5.41) is 3.26. The molecule has 1 amide bonds. The lowest BCUT2D eigenvalue weighted by atomic mass is 10.1. The zero-order valence-electron chi connectivity index (χ0n) is 15.9. The summed E-state index contributed by atoms with van der Waals surface area (Å²) >= 11 is 0. The van der Waals surface area contributed by atoms with Crippen molar-refractivity contribution in [1.82, 2.24) is 14.9 Å². The second-order valence-electron chi connectivity index (χ2n) is 6.38. The molecule has 1 heterocycles. The van der Waals surface area contributed by atoms with Crippen molar-refractivity contribution >= 4 is 17.5 Å². The fraction of sp³-hybridized carbons (Fsp3) is 0.450. The molecule has 5 heteroatoms. The van der Waals surface area contributed by atoms with E-state index in [-0.39, 0.29) is 5.91 Å². The molecular weight excluding hydrogens is 312 g/mol. The number of rotatable bonds is 7. The lowest BCUT2D eigenvalue weighted by Crippen LogP contribution is -2.33. The quantitative estimate of drug-likeness (QED) is 0.811. The van der Waals surface area contributed by atoms with Gasteiger partial charge in [-0.1, -0.05) is 26.0 Å². The van der Waals surface area contributed by atoms with Crippen molar-refractivity contribution in [3.63, 3.8) is 0 Å². The zero-order valence-corrected chi connectivity index (χ0v) is 15.9. The Hall–Kier alpha value is -2.43. The van der Waals surface area contributed by atoms with Crippen LogP contribution in [-0.2, 0) is 0 Å². The van der Waals surface area contributed by atoms with Gasteiger partial charge in [0.25, 0.3) is 5.91 Å². The van der Waals surface area contributed by atoms with Crippen molar-refractivity contribution in [3.05, 3.63) is 46.8 Å². The topological polar surface area (TPSA) is 58.1 Å². The van der Waals surface area contributed by atoms with Gasteiger partial charge in [-0.25, -0.2) is 9.97 Å². The Morgan fingerprint density at radius 3 is 2.40 bits per heavy atom. The maximum atomic E-state index is 12.8. The molecule has 0 saturated carbocycles. The Bertz CT molecular complexity index is 736. The Morgan fingerprint density at radius 1 is 1.08 bits per heavy atom. The number of aromatic nitrogens is 2. The number of carbonyl (C=O) groups is 1. The highest BCUT2D eigenvalue weighted by atomic mass is 16.2. The fourth-order valence-electron chi connectivity index (χ4n) is 2.76. The first-order valence-electron chi connectivity index (χ1n) is 8.94. The highest BCUT2D eigenvalue weighted by molar-refractivity contribution is 5.92. The Kier molecular flexibility index (Phi) is 6.51. The third-order valence-corrected chi connectivity index (χ3v) is 4.20. The summed E-state index contributed by atoms with van der Waals surface area (Å²) in [4.78, 5) is 23.6. The molecule has 25 heavy (non-hydrogen) atoms. The standard InChI is InChI=1S/C20H28N4O/c1-6-11-24(12-7-2)19(25)18-13-15(4)21-20(23-18)22-17-10-8-9-14(3)16(17)5/h8-10,13H,6-7,11-12H2,1-5H3,(H,21,22,23). The van der Waals surface area contributed by atoms with Crippen LogP contribution in [0.3, 0.4) is 0 Å². The average Bonchev–Trinajstić information content (AvgIpc) is 2.57. The summed E-state index contributed by atoms with van der Waals surface area (Å²) in [7, 11) is 0. The summed E-state index contributed by atoms with van der Waals surface area (Å²) in [6, 6.07) is 7.82. The maximum absolute atomic E-state index is 12.8. The van der Waals surface area contributed by atoms with Crippen LogP contribution in [0.2, 0.25) is 0 Å². The van der Waals surface area contributed by atoms with Gasteiger partial charge in [-0.15, -0.1) is 0 Å². The molecule has 0 atom stereocenters. The van der Waals surface area contributed by atoms with E-state index in [0.717, 1.165) is 42.9 Å². The van der Waals surface area contributed by atoms with Crippen LogP contribution in [0.15, 0.2) is 24.3 Å². The van der Waals surface area contributed by atoms with Crippen LogP contribution in [0.25, 0.3) is 0 Å². The van der Waals surface area contributed by atoms with Gasteiger partial charge in [0.2, 0.25) is 5.95 Å². The smallest absolute Gasteiger partial charge is 0.272 e. The molecule has 0 bridgehead atoms. The molecule has 0 aliphatic rings. The number of nitrogens with zero attached hydrogens (tertiary/aromatic N) is 3. The molecule has 1 N–H and O–H groups in total. The first-order valence-corrected chi connectivity index (χ1v) is 8.94. The van der Waals surface area contributed by atoms with E-state index in [2.05, 4.69) is 49.0 Å². The number of hydrogen-bond acceptors (Lipinski definition) is 4. The molecule has 1 aromatic carbocycles. The largest absolute Gasteiger partial charge is 0.337 e. The van der Waals surface area contributed by atoms with Crippen LogP contribution in [0.4, 0.5) is 11.6 Å². The molecule has 0 aliphatic carbocycles. The first-order chi connectivity index (χ1) is 12.0. The molecule has 2 aromatic rings. The van der Waals surface area contributed by atoms with Crippen molar-refractivity contribution < 1.29 is 4.79 Å². The van der Waals surface area contributed by atoms with E-state index >= 15 is 0 Å². The molecule has 0 fully saturated rings. The number of amides is 1. The fourth-order valence-corrected chi connectivity index (χ4v) is 2.76. The minimum Gasteiger partial charge on any atom is -0.337 e. The minimum absolute atomic E-state index is 0.0294. The number of carbonyl (C=O) groups excluding carboxylic acids is 1. The van der Waals surface area contributed by atoms with Gasteiger partial charge >= 0.3 is 0 Å². The number of aryl methyl sites for hydroxylation is 2. The van der Waals surface area contributed by atoms with Crippen molar-refractivity contribution in [2.45, 2.75) is 47.5 Å². The van der Waals surface area contributed by atoms with Crippen LogP contribution in [0.1, 0.15) is 54.0 Å². The summed E-state index contributed by atoms with van der Waals surface area (Å²) in [6.07, 6.45) is 1.87. The van der Waals surface area contributed by atoms with E-state index in [1.54, 1.807) is 6.07 Å². The SMILES string of the molecule is CCCN(CCC)C(=O)c1cc(C)nc(Nc2cccc(C)c2C)n1. The summed E-state index contributed by atoms with van der Waals surface area (Å²) in [5.74, 6) is 0.434. The minimum atomic E-state index is -0.0294. The van der Waals surface area contributed by atoms with Crippen LogP contribution in [0.5, 0.6) is 0 Å². The van der Waals surface area contributed by atoms with E-state index < -0.39 is 0 Å². The number of anilines is 2. The predicted molar refractivity (Wildman–Crippen MR) is 102 cm³/mol. The zero-order chi connectivity index (χ0) is 18.4. The molecular formula is C20H28N4O. The molecule has 0 unspecified atom stereocenters. The van der Waals surface area contributed by atoms with Gasteiger partial charge in [-0.2, -0.15) is 0 Å². The van der Waals surface area contributed by atoms with Gasteiger partial charge in [0.05, 0.1) is 0 Å². The van der Waals surface area contributed by atoms with E-state index in [4.69, 9.17) is 0 Å². The molecule has 1 aromatic heterocycles. The van der Waals surface area contributed by atoms with E-state index in [1.807, 2.05) is 24.0 Å². The Balaban J connectivity index is 2.30. The van der Waals surface area contributed by atoms with Gasteiger partial charge < -0.3 is 10.2 Å². The number of nitrogens with one attached hydrogen (secondary N) is 1. The van der Waals surface area contributed by atoms with Crippen LogP contribution < -0.4 is 5.32 Å². The molecule has 0 radical (unpaired) electrons. The Morgan fingerprint density at radius 2 is 1.76 bits per heavy atom. The third kappa shape index (κ3) is 4.78. The van der Waals surface area contributed by atoms with Crippen molar-refractivity contribution in [3.8, 4) is 0 Å². The van der Waals surface area contributed by atoms with Crippen molar-refractivity contribution in [1.29, 1.82) is 0 Å². The van der Waals surface area contributed by atoms with E-state index in [0.29, 0.717) is 11.6 Å². The van der Waals surface area contributed by atoms with Gasteiger partial charge in [-0.3, -0.25) is 4.79 Å². The van der Waals surface area contributed by atoms with Crippen LogP contribution in [0, 0.1) is 20.8 Å². The molecule has 5 nitrogen and oxygen atoms in total. The number of hydrogen-bond donors (Lipinski definition) is 1. The van der Waals surface area contributed by atoms with E-state index in [1.165, 1.54) is 5.56 Å². The lowest BCUT2D eigenvalue weighted by Gasteiger charge is -2.21. The molecule has 0 spiro atoms. The lowest BCUT2D eigenvalue weighted by molar-refractivity contribution is 0.0749. The predicted octanol–water partition coefficient (Wildman–Crippen LogP) is 4.41. The number of benzene rings is 1. The average molecular weight is 340 g/mol. The van der Waals surface area contributed by atoms with E-state index in [9.17, 15) is 4.79 Å². The molecule has 2 rings (SSSR count). The monoisotopic (exact) mass is 340 g/mol. The summed E-state index contributed by atoms with van der Waals surface area (Å²) in [6.45, 7) is 11.7. The Labute approximate surface area is 150 Å². The van der Waals surface area contributed by atoms with Crippen LogP contribution in [-0.4, -0.2) is 33.9 Å². The van der Waals surface area contributed by atoms with Crippen molar-refractivity contribution in [2.24, 2.45) is 0 Å². The maximum Gasteiger partial charge on any atom is 0.272 e.